The molecule has 4 fully saturated rings. The number of aromatic nitrogens is 2. The van der Waals surface area contributed by atoms with E-state index < -0.39 is 38.7 Å². The van der Waals surface area contributed by atoms with Gasteiger partial charge in [0.05, 0.1) is 23.9 Å². The molecule has 0 spiro atoms. The van der Waals surface area contributed by atoms with Crippen molar-refractivity contribution < 1.29 is 50.1 Å². The molecule has 13 nitrogen and oxygen atoms in total. The Labute approximate surface area is 386 Å². The highest BCUT2D eigenvalue weighted by atomic mass is 35.5. The van der Waals surface area contributed by atoms with Gasteiger partial charge in [-0.25, -0.2) is 13.4 Å². The maximum Gasteiger partial charge on any atom is 0.573 e. The first kappa shape index (κ1) is 45.1. The smallest absolute Gasteiger partial charge is 0.481 e. The molecule has 2 aliphatic heterocycles. The van der Waals surface area contributed by atoms with Crippen LogP contribution in [0.2, 0.25) is 5.02 Å². The van der Waals surface area contributed by atoms with E-state index in [1.54, 1.807) is 20.1 Å². The van der Waals surface area contributed by atoms with Gasteiger partial charge in [0.15, 0.2) is 11.3 Å². The van der Waals surface area contributed by atoms with Gasteiger partial charge in [-0.1, -0.05) is 36.7 Å². The number of aliphatic hydroxyl groups excluding tert-OH is 1. The molecule has 18 heteroatoms. The Kier molecular flexibility index (Phi) is 11.5. The van der Waals surface area contributed by atoms with Gasteiger partial charge in [-0.15, -0.1) is 13.2 Å². The quantitative estimate of drug-likeness (QED) is 0.140. The van der Waals surface area contributed by atoms with Gasteiger partial charge in [-0.05, 0) is 136 Å². The molecule has 1 amide bonds. The highest BCUT2D eigenvalue weighted by Crippen LogP contribution is 2.50. The molecule has 4 aliphatic carbocycles. The van der Waals surface area contributed by atoms with Gasteiger partial charge < -0.3 is 23.7 Å². The van der Waals surface area contributed by atoms with Crippen molar-refractivity contribution in [1.29, 1.82) is 0 Å². The van der Waals surface area contributed by atoms with E-state index in [-0.39, 0.29) is 60.0 Å². The van der Waals surface area contributed by atoms with E-state index >= 15 is 0 Å². The number of amides is 1. The van der Waals surface area contributed by atoms with E-state index in [0.29, 0.717) is 85.8 Å². The van der Waals surface area contributed by atoms with Crippen LogP contribution in [0.25, 0.3) is 28.1 Å². The van der Waals surface area contributed by atoms with E-state index in [1.165, 1.54) is 5.57 Å². The summed E-state index contributed by atoms with van der Waals surface area (Å²) in [5.41, 5.74) is 7.83. The molecule has 0 radical (unpaired) electrons. The van der Waals surface area contributed by atoms with Crippen LogP contribution in [0, 0.1) is 18.8 Å². The van der Waals surface area contributed by atoms with E-state index in [9.17, 15) is 31.5 Å². The SMILES string of the molecule is COc1nc(O[C@H]2CCC3=C(c4cccc(-c5nc6cc7c(c(OC(F)(F)F)c6o5)CC[C@H]7N5CC[C@@H](C(=O)NS(=O)(=O)C6(C)CC6)C5)c4C)C(C)CC=C32)c(Cl)cc1CN1CC[C@@H](O)C1. The van der Waals surface area contributed by atoms with Gasteiger partial charge >= 0.3 is 6.36 Å². The second-order valence-electron chi connectivity index (χ2n) is 19.1. The van der Waals surface area contributed by atoms with Crippen LogP contribution in [0.5, 0.6) is 17.5 Å². The van der Waals surface area contributed by atoms with Crippen LogP contribution >= 0.6 is 11.6 Å². The second kappa shape index (κ2) is 16.8. The maximum absolute atomic E-state index is 14.2. The van der Waals surface area contributed by atoms with E-state index in [1.807, 2.05) is 30.0 Å². The van der Waals surface area contributed by atoms with Crippen LogP contribution in [0.1, 0.15) is 99.1 Å². The fourth-order valence-corrected chi connectivity index (χ4v) is 12.3. The second-order valence-corrected chi connectivity index (χ2v) is 21.7. The molecule has 2 N–H and O–H groups in total. The van der Waals surface area contributed by atoms with Crippen LogP contribution in [0.3, 0.4) is 0 Å². The molecule has 10 rings (SSSR count). The molecule has 2 aromatic carbocycles. The molecular weight excluding hydrogens is 899 g/mol. The summed E-state index contributed by atoms with van der Waals surface area (Å²) in [5, 5.41) is 10.4. The molecule has 2 saturated heterocycles. The Hall–Kier alpha value is -4.68. The third-order valence-corrected chi connectivity index (χ3v) is 17.1. The lowest BCUT2D eigenvalue weighted by Gasteiger charge is -2.27. The minimum absolute atomic E-state index is 0.0928. The number of fused-ring (bicyclic) bond motifs is 3. The van der Waals surface area contributed by atoms with Crippen LogP contribution < -0.4 is 18.9 Å². The number of pyridine rings is 1. The average Bonchev–Trinajstić information content (AvgIpc) is 3.87. The Balaban J connectivity index is 0.925. The number of rotatable bonds is 12. The number of oxazole rings is 1. The Morgan fingerprint density at radius 3 is 2.58 bits per heavy atom. The average molecular weight is 952 g/mol. The number of nitrogens with zero attached hydrogens (tertiary/aromatic N) is 4. The first-order valence-electron chi connectivity index (χ1n) is 22.8. The van der Waals surface area contributed by atoms with Gasteiger partial charge in [0.25, 0.3) is 0 Å². The highest BCUT2D eigenvalue weighted by Gasteiger charge is 2.51. The zero-order valence-corrected chi connectivity index (χ0v) is 38.8. The largest absolute Gasteiger partial charge is 0.573 e. The van der Waals surface area contributed by atoms with Crippen LogP contribution in [-0.4, -0.2) is 95.8 Å². The van der Waals surface area contributed by atoms with Crippen LogP contribution in [-0.2, 0) is 27.8 Å². The summed E-state index contributed by atoms with van der Waals surface area (Å²) < 4.78 is 92.7. The number of ether oxygens (including phenoxy) is 3. The highest BCUT2D eigenvalue weighted by molar-refractivity contribution is 7.91. The van der Waals surface area contributed by atoms with Crippen molar-refractivity contribution in [2.24, 2.45) is 11.8 Å². The number of carbonyl (C=O) groups is 1. The van der Waals surface area contributed by atoms with Gasteiger partial charge in [0, 0.05) is 48.9 Å². The lowest BCUT2D eigenvalue weighted by atomic mass is 9.79. The summed E-state index contributed by atoms with van der Waals surface area (Å²) >= 11 is 6.80. The van der Waals surface area contributed by atoms with Crippen LogP contribution in [0.15, 0.2) is 52.0 Å². The number of nitrogens with one attached hydrogen (secondary N) is 1. The molecule has 2 saturated carbocycles. The van der Waals surface area contributed by atoms with Gasteiger partial charge in [0.2, 0.25) is 33.6 Å². The number of hydrogen-bond acceptors (Lipinski definition) is 12. The van der Waals surface area contributed by atoms with Gasteiger partial charge in [0.1, 0.15) is 16.6 Å². The summed E-state index contributed by atoms with van der Waals surface area (Å²) in [6, 6.07) is 9.10. The summed E-state index contributed by atoms with van der Waals surface area (Å²) in [7, 11) is -2.24. The zero-order chi connectivity index (χ0) is 46.4. The summed E-state index contributed by atoms with van der Waals surface area (Å²) in [5.74, 6) is -0.512. The molecule has 4 heterocycles. The minimum Gasteiger partial charge on any atom is -0.481 e. The van der Waals surface area contributed by atoms with E-state index in [4.69, 9.17) is 35.2 Å². The van der Waals surface area contributed by atoms with E-state index in [0.717, 1.165) is 47.2 Å². The molecule has 0 bridgehead atoms. The van der Waals surface area contributed by atoms with Crippen molar-refractivity contribution in [2.45, 2.75) is 114 Å². The lowest BCUT2D eigenvalue weighted by molar-refractivity contribution is -0.274. The molecule has 4 aromatic rings. The first-order chi connectivity index (χ1) is 31.4. The van der Waals surface area contributed by atoms with Gasteiger partial charge in [-0.3, -0.25) is 19.3 Å². The summed E-state index contributed by atoms with van der Waals surface area (Å²) in [6.45, 7) is 8.41. The number of hydrogen-bond donors (Lipinski definition) is 2. The molecule has 66 heavy (non-hydrogen) atoms. The molecule has 6 aliphatic rings. The Morgan fingerprint density at radius 1 is 1.06 bits per heavy atom. The molecule has 2 aromatic heterocycles. The molecular formula is C48H53ClF3N5O8S. The molecule has 352 valence electrons. The van der Waals surface area contributed by atoms with Crippen molar-refractivity contribution in [3.63, 3.8) is 0 Å². The molecule has 1 unspecified atom stereocenters. The normalized spacial score (nSPS) is 25.3. The molecule has 5 atom stereocenters. The Bertz CT molecular complexity index is 2810. The van der Waals surface area contributed by atoms with Crippen molar-refractivity contribution in [3.05, 3.63) is 80.4 Å². The topological polar surface area (TPSA) is 157 Å². The minimum atomic E-state index is -5.00. The number of β-amino-alcohol motifs (C(OH)–C–C–N with tert-alkyl or cyclic N) is 1. The van der Waals surface area contributed by atoms with Crippen molar-refractivity contribution >= 4 is 44.2 Å². The lowest BCUT2D eigenvalue weighted by Crippen LogP contribution is -2.42. The van der Waals surface area contributed by atoms with Gasteiger partial charge in [-0.2, -0.15) is 4.98 Å². The number of carbonyl (C=O) groups excluding carboxylic acids is 1. The number of aliphatic hydroxyl groups is 1. The number of methoxy groups -OCH3 is 1. The van der Waals surface area contributed by atoms with Crippen molar-refractivity contribution in [1.82, 2.24) is 24.5 Å². The van der Waals surface area contributed by atoms with Crippen molar-refractivity contribution in [2.75, 3.05) is 33.3 Å². The monoisotopic (exact) mass is 951 g/mol. The number of sulfonamides is 1. The third kappa shape index (κ3) is 8.26. The summed E-state index contributed by atoms with van der Waals surface area (Å²) in [6.07, 6.45) is 1.70. The van der Waals surface area contributed by atoms with Crippen molar-refractivity contribution in [3.8, 4) is 29.0 Å². The number of halogens is 4. The number of allylic oxidation sites excluding steroid dienone is 2. The third-order valence-electron chi connectivity index (χ3n) is 14.7. The predicted molar refractivity (Wildman–Crippen MR) is 240 cm³/mol. The zero-order valence-electron chi connectivity index (χ0n) is 37.3. The first-order valence-corrected chi connectivity index (χ1v) is 24.6. The number of likely N-dealkylation sites (tertiary alicyclic amines) is 2. The number of benzene rings is 2. The van der Waals surface area contributed by atoms with Crippen LogP contribution in [0.4, 0.5) is 13.2 Å². The predicted octanol–water partition coefficient (Wildman–Crippen LogP) is 8.59. The maximum atomic E-state index is 14.2. The van der Waals surface area contributed by atoms with E-state index in [2.05, 4.69) is 33.7 Å². The Morgan fingerprint density at radius 2 is 1.85 bits per heavy atom. The standard InChI is InChI=1S/C48H53ClF3N5O8S/c1-25-8-9-32-33(11-13-39(32)63-46-36(49)20-28(44(54-46)62-4)22-56-18-15-29(58)24-56)40(25)30-6-5-7-31(26(30)2)45-53-37-21-35-34(41(42(37)64-45)65-48(50,51)52)10-12-38(35)57-19-14-27(23-57)43(59)55-66(60,61)47(3)16-17-47/h5-7,9,20-21,25,27,29,38-39,58H,8,10-19,22-24H2,1-4H3,(H,55,59)/t25?,27-,29-,38-,39+/m1/s1. The number of alkyl halides is 3. The fourth-order valence-electron chi connectivity index (χ4n) is 10.8. The fraction of sp³-hybridized carbons (Fsp3) is 0.521. The summed E-state index contributed by atoms with van der Waals surface area (Å²) in [4.78, 5) is 26.8.